The van der Waals surface area contributed by atoms with E-state index in [0.717, 1.165) is 51.3 Å². The topological polar surface area (TPSA) is 86.4 Å². The molecule has 10 heteroatoms. The van der Waals surface area contributed by atoms with E-state index in [1.165, 1.54) is 0 Å². The molecular formula is C33H31Cl2N5O3. The van der Waals surface area contributed by atoms with Crippen LogP contribution in [0.5, 0.6) is 5.88 Å². The third kappa shape index (κ3) is 5.40. The van der Waals surface area contributed by atoms with Gasteiger partial charge in [-0.15, -0.1) is 0 Å². The van der Waals surface area contributed by atoms with Crippen molar-refractivity contribution < 1.29 is 14.9 Å². The highest BCUT2D eigenvalue weighted by atomic mass is 35.5. The van der Waals surface area contributed by atoms with Crippen molar-refractivity contribution in [3.8, 4) is 39.4 Å². The SMILES string of the molecule is COc1nc(-c2cccc(-c3cccc(-c4ccc5ncc(CN6CC(O)C6)n5c4)c3Cl)c2Cl)ccc1CN1CC(O)C1. The fourth-order valence-corrected chi connectivity index (χ4v) is 6.60. The highest BCUT2D eigenvalue weighted by Gasteiger charge is 2.26. The second-order valence-electron chi connectivity index (χ2n) is 11.3. The molecule has 2 saturated heterocycles. The van der Waals surface area contributed by atoms with E-state index < -0.39 is 0 Å². The molecule has 2 fully saturated rings. The fraction of sp³-hybridized carbons (Fsp3) is 0.273. The van der Waals surface area contributed by atoms with Gasteiger partial charge in [0.15, 0.2) is 0 Å². The van der Waals surface area contributed by atoms with E-state index in [-0.39, 0.29) is 12.2 Å². The van der Waals surface area contributed by atoms with Crippen molar-refractivity contribution in [1.29, 1.82) is 0 Å². The largest absolute Gasteiger partial charge is 0.481 e. The third-order valence-corrected chi connectivity index (χ3v) is 9.06. The number of ether oxygens (including phenoxy) is 1. The van der Waals surface area contributed by atoms with Crippen LogP contribution in [0.2, 0.25) is 10.0 Å². The number of aliphatic hydroxyl groups excluding tert-OH is 2. The molecule has 2 aromatic carbocycles. The van der Waals surface area contributed by atoms with Crippen LogP contribution in [0.15, 0.2) is 73.1 Å². The molecule has 0 aliphatic carbocycles. The Morgan fingerprint density at radius 1 is 0.791 bits per heavy atom. The number of hydrogen-bond donors (Lipinski definition) is 2. The number of imidazole rings is 1. The smallest absolute Gasteiger partial charge is 0.218 e. The van der Waals surface area contributed by atoms with Crippen molar-refractivity contribution in [2.24, 2.45) is 0 Å². The number of methoxy groups -OCH3 is 1. The Labute approximate surface area is 259 Å². The Balaban J connectivity index is 1.21. The number of β-amino-alcohol motifs (C(OH)–C–C–N with tert-alkyl or cyclic N) is 2. The quantitative estimate of drug-likeness (QED) is 0.242. The van der Waals surface area contributed by atoms with Gasteiger partial charge >= 0.3 is 0 Å². The van der Waals surface area contributed by atoms with Crippen LogP contribution in [0, 0.1) is 0 Å². The molecule has 43 heavy (non-hydrogen) atoms. The molecule has 2 aliphatic heterocycles. The van der Waals surface area contributed by atoms with Crippen molar-refractivity contribution in [3.63, 3.8) is 0 Å². The molecule has 0 bridgehead atoms. The van der Waals surface area contributed by atoms with E-state index in [0.29, 0.717) is 54.3 Å². The number of aliphatic hydroxyl groups is 2. The van der Waals surface area contributed by atoms with Crippen molar-refractivity contribution >= 4 is 28.8 Å². The van der Waals surface area contributed by atoms with E-state index in [9.17, 15) is 10.2 Å². The molecule has 220 valence electrons. The zero-order valence-corrected chi connectivity index (χ0v) is 25.1. The molecule has 0 spiro atoms. The molecule has 5 aromatic rings. The van der Waals surface area contributed by atoms with E-state index in [2.05, 4.69) is 25.4 Å². The molecule has 3 aromatic heterocycles. The Morgan fingerprint density at radius 2 is 1.42 bits per heavy atom. The lowest BCUT2D eigenvalue weighted by Gasteiger charge is -2.35. The summed E-state index contributed by atoms with van der Waals surface area (Å²) in [6.45, 7) is 4.04. The monoisotopic (exact) mass is 615 g/mol. The molecule has 7 rings (SSSR count). The average molecular weight is 617 g/mol. The first-order chi connectivity index (χ1) is 20.9. The Bertz CT molecular complexity index is 1810. The van der Waals surface area contributed by atoms with Gasteiger partial charge in [-0.05, 0) is 23.8 Å². The van der Waals surface area contributed by atoms with Crippen LogP contribution >= 0.6 is 23.2 Å². The summed E-state index contributed by atoms with van der Waals surface area (Å²) in [4.78, 5) is 13.7. The minimum absolute atomic E-state index is 0.246. The third-order valence-electron chi connectivity index (χ3n) is 8.24. The second-order valence-corrected chi connectivity index (χ2v) is 12.0. The molecule has 0 radical (unpaired) electrons. The highest BCUT2D eigenvalue weighted by Crippen LogP contribution is 2.42. The summed E-state index contributed by atoms with van der Waals surface area (Å²) in [5.41, 5.74) is 7.86. The van der Waals surface area contributed by atoms with Gasteiger partial charge in [-0.1, -0.05) is 65.7 Å². The first-order valence-electron chi connectivity index (χ1n) is 14.3. The van der Waals surface area contributed by atoms with Crippen molar-refractivity contribution in [1.82, 2.24) is 24.2 Å². The van der Waals surface area contributed by atoms with E-state index in [1.807, 2.05) is 66.9 Å². The first kappa shape index (κ1) is 28.3. The lowest BCUT2D eigenvalue weighted by atomic mass is 9.97. The van der Waals surface area contributed by atoms with Gasteiger partial charge < -0.3 is 19.4 Å². The number of nitrogens with zero attached hydrogens (tertiary/aromatic N) is 5. The Morgan fingerprint density at radius 3 is 2.09 bits per heavy atom. The van der Waals surface area contributed by atoms with Crippen molar-refractivity contribution in [2.45, 2.75) is 25.3 Å². The standard InChI is InChI=1S/C33H31Cl2N5O3/c1-43-33-21(13-38-16-23(41)17-38)8-10-29(37-33)28-7-3-6-27(32(28)35)26-5-2-4-25(31(26)34)20-9-11-30-36-12-22(40(30)14-20)15-39-18-24(42)19-39/h2-12,14,23-24,41-42H,13,15-19H2,1H3. The summed E-state index contributed by atoms with van der Waals surface area (Å²) in [5, 5.41) is 20.5. The van der Waals surface area contributed by atoms with Crippen LogP contribution in [0.4, 0.5) is 0 Å². The number of rotatable bonds is 8. The van der Waals surface area contributed by atoms with E-state index >= 15 is 0 Å². The molecule has 0 saturated carbocycles. The van der Waals surface area contributed by atoms with Crippen LogP contribution in [-0.4, -0.2) is 79.9 Å². The highest BCUT2D eigenvalue weighted by molar-refractivity contribution is 6.39. The number of aromatic nitrogens is 3. The maximum Gasteiger partial charge on any atom is 0.218 e. The molecule has 8 nitrogen and oxygen atoms in total. The molecule has 2 aliphatic rings. The first-order valence-corrected chi connectivity index (χ1v) is 15.0. The fourth-order valence-electron chi connectivity index (χ4n) is 5.94. The summed E-state index contributed by atoms with van der Waals surface area (Å²) in [6, 6.07) is 19.8. The molecule has 0 atom stereocenters. The summed E-state index contributed by atoms with van der Waals surface area (Å²) in [7, 11) is 1.61. The van der Waals surface area contributed by atoms with Gasteiger partial charge in [0.1, 0.15) is 5.65 Å². The van der Waals surface area contributed by atoms with Crippen LogP contribution in [0.25, 0.3) is 39.2 Å². The van der Waals surface area contributed by atoms with E-state index in [1.54, 1.807) is 7.11 Å². The number of likely N-dealkylation sites (tertiary alicyclic amines) is 2. The molecule has 5 heterocycles. The van der Waals surface area contributed by atoms with Crippen molar-refractivity contribution in [2.75, 3.05) is 33.3 Å². The van der Waals surface area contributed by atoms with Crippen LogP contribution < -0.4 is 4.74 Å². The lowest BCUT2D eigenvalue weighted by molar-refractivity contribution is -0.00376. The maximum absolute atomic E-state index is 9.68. The Kier molecular flexibility index (Phi) is 7.59. The Hall–Kier alpha value is -3.50. The number of hydrogen-bond acceptors (Lipinski definition) is 7. The molecule has 0 amide bonds. The summed E-state index contributed by atoms with van der Waals surface area (Å²) >= 11 is 14.2. The van der Waals surface area contributed by atoms with Crippen molar-refractivity contribution in [3.05, 3.63) is 94.4 Å². The van der Waals surface area contributed by atoms with Gasteiger partial charge in [-0.2, -0.15) is 0 Å². The summed E-state index contributed by atoms with van der Waals surface area (Å²) in [6.07, 6.45) is 3.44. The predicted molar refractivity (Wildman–Crippen MR) is 168 cm³/mol. The number of halogens is 2. The van der Waals surface area contributed by atoms with Gasteiger partial charge in [0.05, 0.1) is 46.9 Å². The number of fused-ring (bicyclic) bond motifs is 1. The molecule has 2 N–H and O–H groups in total. The zero-order chi connectivity index (χ0) is 29.7. The number of pyridine rings is 2. The number of benzene rings is 2. The minimum Gasteiger partial charge on any atom is -0.481 e. The second kappa shape index (κ2) is 11.5. The summed E-state index contributed by atoms with van der Waals surface area (Å²) in [5.74, 6) is 0.542. The van der Waals surface area contributed by atoms with Crippen LogP contribution in [0.1, 0.15) is 11.3 Å². The lowest BCUT2D eigenvalue weighted by Crippen LogP contribution is -2.49. The van der Waals surface area contributed by atoms with Crippen LogP contribution in [-0.2, 0) is 13.1 Å². The molecule has 0 unspecified atom stereocenters. The van der Waals surface area contributed by atoms with E-state index in [4.69, 9.17) is 32.9 Å². The summed E-state index contributed by atoms with van der Waals surface area (Å²) < 4.78 is 7.71. The molecular weight excluding hydrogens is 585 g/mol. The normalized spacial score (nSPS) is 16.4. The predicted octanol–water partition coefficient (Wildman–Crippen LogP) is 5.40. The van der Waals surface area contributed by atoms with Gasteiger partial charge in [0.25, 0.3) is 0 Å². The average Bonchev–Trinajstić information content (AvgIpc) is 3.38. The minimum atomic E-state index is -0.262. The van der Waals surface area contributed by atoms with Gasteiger partial charge in [0, 0.05) is 73.3 Å². The van der Waals surface area contributed by atoms with Crippen LogP contribution in [0.3, 0.4) is 0 Å². The van der Waals surface area contributed by atoms with Gasteiger partial charge in [-0.3, -0.25) is 9.80 Å². The van der Waals surface area contributed by atoms with Gasteiger partial charge in [-0.25, -0.2) is 9.97 Å². The zero-order valence-electron chi connectivity index (χ0n) is 23.6. The van der Waals surface area contributed by atoms with Gasteiger partial charge in [0.2, 0.25) is 5.88 Å². The maximum atomic E-state index is 9.68.